The van der Waals surface area contributed by atoms with Crippen molar-refractivity contribution in [3.63, 3.8) is 0 Å². The van der Waals surface area contributed by atoms with Gasteiger partial charge in [0.25, 0.3) is 15.7 Å². The summed E-state index contributed by atoms with van der Waals surface area (Å²) in [6, 6.07) is 14.6. The van der Waals surface area contributed by atoms with E-state index in [0.29, 0.717) is 22.1 Å². The first kappa shape index (κ1) is 21.2. The highest BCUT2D eigenvalue weighted by molar-refractivity contribution is 7.92. The molecule has 1 aliphatic rings. The fourth-order valence-corrected chi connectivity index (χ4v) is 5.09. The molecule has 8 nitrogen and oxygen atoms in total. The molecule has 11 heteroatoms. The molecule has 0 N–H and O–H groups in total. The normalized spacial score (nSPS) is 15.3. The zero-order valence-electron chi connectivity index (χ0n) is 15.9. The number of nitro groups is 1. The van der Waals surface area contributed by atoms with Crippen molar-refractivity contribution in [1.29, 1.82) is 0 Å². The summed E-state index contributed by atoms with van der Waals surface area (Å²) in [6.07, 6.45) is -1.06. The lowest BCUT2D eigenvalue weighted by Crippen LogP contribution is -2.33. The Bertz CT molecular complexity index is 1280. The summed E-state index contributed by atoms with van der Waals surface area (Å²) in [5.74, 6) is 0.891. The fourth-order valence-electron chi connectivity index (χ4n) is 3.19. The maximum Gasteiger partial charge on any atom is 0.289 e. The predicted molar refractivity (Wildman–Crippen MR) is 116 cm³/mol. The van der Waals surface area contributed by atoms with Crippen LogP contribution in [0.5, 0.6) is 11.5 Å². The first-order valence-electron chi connectivity index (χ1n) is 8.81. The minimum absolute atomic E-state index is 0.170. The van der Waals surface area contributed by atoms with Gasteiger partial charge in [-0.05, 0) is 54.6 Å². The Balaban J connectivity index is 1.88. The molecule has 31 heavy (non-hydrogen) atoms. The zero-order valence-corrected chi connectivity index (χ0v) is 18.2. The van der Waals surface area contributed by atoms with Gasteiger partial charge in [-0.2, -0.15) is 0 Å². The summed E-state index contributed by atoms with van der Waals surface area (Å²) >= 11 is 12.0. The van der Waals surface area contributed by atoms with E-state index in [1.165, 1.54) is 25.3 Å². The molecule has 0 spiro atoms. The number of methoxy groups -OCH3 is 1. The van der Waals surface area contributed by atoms with Crippen LogP contribution in [0.3, 0.4) is 0 Å². The van der Waals surface area contributed by atoms with E-state index in [9.17, 15) is 18.5 Å². The Hall–Kier alpha value is -3.01. The van der Waals surface area contributed by atoms with Crippen LogP contribution in [-0.2, 0) is 10.0 Å². The van der Waals surface area contributed by atoms with E-state index in [2.05, 4.69) is 0 Å². The Morgan fingerprint density at radius 3 is 2.42 bits per heavy atom. The van der Waals surface area contributed by atoms with E-state index < -0.39 is 26.9 Å². The van der Waals surface area contributed by atoms with Crippen LogP contribution in [0.2, 0.25) is 10.0 Å². The van der Waals surface area contributed by atoms with Crippen molar-refractivity contribution < 1.29 is 22.8 Å². The number of anilines is 1. The first-order valence-corrected chi connectivity index (χ1v) is 11.0. The molecule has 3 aromatic carbocycles. The van der Waals surface area contributed by atoms with Gasteiger partial charge in [0.05, 0.1) is 22.6 Å². The van der Waals surface area contributed by atoms with Crippen molar-refractivity contribution in [2.75, 3.05) is 11.4 Å². The molecule has 160 valence electrons. The number of hydrogen-bond donors (Lipinski definition) is 0. The maximum atomic E-state index is 13.6. The molecule has 0 bridgehead atoms. The van der Waals surface area contributed by atoms with Gasteiger partial charge in [0.2, 0.25) is 6.23 Å². The van der Waals surface area contributed by atoms with Crippen LogP contribution in [-0.4, -0.2) is 20.5 Å². The third kappa shape index (κ3) is 3.76. The van der Waals surface area contributed by atoms with Crippen molar-refractivity contribution in [3.8, 4) is 11.5 Å². The van der Waals surface area contributed by atoms with Crippen molar-refractivity contribution in [2.24, 2.45) is 0 Å². The van der Waals surface area contributed by atoms with E-state index in [4.69, 9.17) is 32.7 Å². The van der Waals surface area contributed by atoms with Crippen LogP contribution in [0.15, 0.2) is 65.6 Å². The number of nitro benzene ring substituents is 1. The van der Waals surface area contributed by atoms with Gasteiger partial charge in [0.1, 0.15) is 16.5 Å². The molecular formula is C20H14Cl2N2O6S. The standard InChI is InChI=1S/C20H14Cl2N2O6S/c1-29-14-5-2-12(3-6-14)20-23(18-10-13(21)4-9-19(18)30-20)31(27,28)15-7-8-16(22)17(11-15)24(25)26/h2-11,20H,1H3. The molecule has 4 rings (SSSR count). The van der Waals surface area contributed by atoms with Crippen molar-refractivity contribution in [2.45, 2.75) is 11.1 Å². The van der Waals surface area contributed by atoms with Gasteiger partial charge in [-0.3, -0.25) is 10.1 Å². The summed E-state index contributed by atoms with van der Waals surface area (Å²) in [6.45, 7) is 0. The summed E-state index contributed by atoms with van der Waals surface area (Å²) in [5.41, 5.74) is 0.223. The molecule has 0 aliphatic carbocycles. The molecule has 1 unspecified atom stereocenters. The minimum Gasteiger partial charge on any atom is -0.497 e. The van der Waals surface area contributed by atoms with E-state index in [-0.39, 0.29) is 15.6 Å². The van der Waals surface area contributed by atoms with Crippen LogP contribution in [0.1, 0.15) is 11.8 Å². The van der Waals surface area contributed by atoms with Crippen LogP contribution < -0.4 is 13.8 Å². The van der Waals surface area contributed by atoms with Gasteiger partial charge in [0.15, 0.2) is 0 Å². The number of benzene rings is 3. The quantitative estimate of drug-likeness (QED) is 0.367. The molecule has 0 saturated heterocycles. The molecular weight excluding hydrogens is 467 g/mol. The molecule has 1 atom stereocenters. The molecule has 1 heterocycles. The third-order valence-electron chi connectivity index (χ3n) is 4.68. The number of ether oxygens (including phenoxy) is 2. The number of sulfonamides is 1. The monoisotopic (exact) mass is 480 g/mol. The van der Waals surface area contributed by atoms with E-state index in [0.717, 1.165) is 10.4 Å². The number of rotatable bonds is 5. The molecule has 0 aromatic heterocycles. The fraction of sp³-hybridized carbons (Fsp3) is 0.100. The third-order valence-corrected chi connectivity index (χ3v) is 6.99. The summed E-state index contributed by atoms with van der Waals surface area (Å²) in [5, 5.41) is 11.4. The van der Waals surface area contributed by atoms with Gasteiger partial charge in [-0.1, -0.05) is 23.2 Å². The summed E-state index contributed by atoms with van der Waals surface area (Å²) < 4.78 is 39.4. The lowest BCUT2D eigenvalue weighted by molar-refractivity contribution is -0.384. The summed E-state index contributed by atoms with van der Waals surface area (Å²) in [4.78, 5) is 10.2. The highest BCUT2D eigenvalue weighted by Crippen LogP contribution is 2.48. The van der Waals surface area contributed by atoms with Gasteiger partial charge >= 0.3 is 0 Å². The molecule has 1 aliphatic heterocycles. The smallest absolute Gasteiger partial charge is 0.289 e. The average Bonchev–Trinajstić information content (AvgIpc) is 3.13. The molecule has 3 aromatic rings. The Kier molecular flexibility index (Phi) is 5.42. The minimum atomic E-state index is -4.30. The number of hydrogen-bond acceptors (Lipinski definition) is 6. The van der Waals surface area contributed by atoms with Crippen LogP contribution in [0.4, 0.5) is 11.4 Å². The molecule has 0 radical (unpaired) electrons. The number of fused-ring (bicyclic) bond motifs is 1. The molecule has 0 saturated carbocycles. The van der Waals surface area contributed by atoms with Crippen molar-refractivity contribution >= 4 is 44.6 Å². The van der Waals surface area contributed by atoms with Gasteiger partial charge in [-0.25, -0.2) is 12.7 Å². The second-order valence-electron chi connectivity index (χ2n) is 6.53. The SMILES string of the molecule is COc1ccc(C2Oc3ccc(Cl)cc3N2S(=O)(=O)c2ccc(Cl)c([N+](=O)[O-])c2)cc1. The number of halogens is 2. The lowest BCUT2D eigenvalue weighted by atomic mass is 10.2. The number of nitrogens with zero attached hydrogens (tertiary/aromatic N) is 2. The summed E-state index contributed by atoms with van der Waals surface area (Å²) in [7, 11) is -2.78. The Labute approximate surface area is 187 Å². The lowest BCUT2D eigenvalue weighted by Gasteiger charge is -2.25. The van der Waals surface area contributed by atoms with Crippen molar-refractivity contribution in [1.82, 2.24) is 0 Å². The highest BCUT2D eigenvalue weighted by Gasteiger charge is 2.42. The van der Waals surface area contributed by atoms with Crippen LogP contribution >= 0.6 is 23.2 Å². The van der Waals surface area contributed by atoms with E-state index in [1.807, 2.05) is 0 Å². The topological polar surface area (TPSA) is 99.0 Å². The van der Waals surface area contributed by atoms with Gasteiger partial charge in [-0.15, -0.1) is 0 Å². The van der Waals surface area contributed by atoms with Crippen LogP contribution in [0, 0.1) is 10.1 Å². The van der Waals surface area contributed by atoms with Gasteiger partial charge < -0.3 is 9.47 Å². The Morgan fingerprint density at radius 1 is 1.06 bits per heavy atom. The second-order valence-corrected chi connectivity index (χ2v) is 9.19. The zero-order chi connectivity index (χ0) is 22.3. The predicted octanol–water partition coefficient (Wildman–Crippen LogP) is 5.20. The molecule has 0 fully saturated rings. The largest absolute Gasteiger partial charge is 0.497 e. The van der Waals surface area contributed by atoms with Crippen LogP contribution in [0.25, 0.3) is 0 Å². The van der Waals surface area contributed by atoms with E-state index in [1.54, 1.807) is 36.4 Å². The average molecular weight is 481 g/mol. The van der Waals surface area contributed by atoms with E-state index >= 15 is 0 Å². The highest BCUT2D eigenvalue weighted by atomic mass is 35.5. The molecule has 0 amide bonds. The second kappa shape index (κ2) is 7.92. The van der Waals surface area contributed by atoms with Crippen molar-refractivity contribution in [3.05, 3.63) is 86.4 Å². The Morgan fingerprint density at radius 2 is 1.77 bits per heavy atom. The first-order chi connectivity index (χ1) is 14.7. The maximum absolute atomic E-state index is 13.6. The van der Waals surface area contributed by atoms with Gasteiger partial charge in [0, 0.05) is 16.7 Å².